The fraction of sp³-hybridized carbons (Fsp3) is 0.667. The van der Waals surface area contributed by atoms with Gasteiger partial charge < -0.3 is 5.32 Å². The van der Waals surface area contributed by atoms with Gasteiger partial charge in [0.05, 0.1) is 10.0 Å². The predicted molar refractivity (Wildman–Crippen MR) is 79.9 cm³/mol. The highest BCUT2D eigenvalue weighted by Crippen LogP contribution is 2.48. The molecule has 1 saturated heterocycles. The molecule has 0 aromatic carbocycles. The zero-order valence-electron chi connectivity index (χ0n) is 11.3. The molecule has 1 spiro atoms. The van der Waals surface area contributed by atoms with Crippen LogP contribution in [0, 0.1) is 5.41 Å². The van der Waals surface area contributed by atoms with Gasteiger partial charge in [-0.15, -0.1) is 0 Å². The maximum Gasteiger partial charge on any atom is 0.0636 e. The van der Waals surface area contributed by atoms with E-state index in [1.165, 1.54) is 32.1 Å². The lowest BCUT2D eigenvalue weighted by atomic mass is 9.78. The summed E-state index contributed by atoms with van der Waals surface area (Å²) < 4.78 is 0. The average molecular weight is 299 g/mol. The molecular weight excluding hydrogens is 279 g/mol. The number of nitrogens with one attached hydrogen (secondary N) is 1. The maximum absolute atomic E-state index is 6.25. The normalized spacial score (nSPS) is 29.2. The lowest BCUT2D eigenvalue weighted by Crippen LogP contribution is -2.38. The predicted octanol–water partition coefficient (Wildman–Crippen LogP) is 4.24. The van der Waals surface area contributed by atoms with E-state index in [9.17, 15) is 0 Å². The molecule has 1 aliphatic heterocycles. The molecule has 104 valence electrons. The molecule has 1 atom stereocenters. The van der Waals surface area contributed by atoms with Crippen LogP contribution in [-0.4, -0.2) is 17.1 Å². The smallest absolute Gasteiger partial charge is 0.0636 e. The van der Waals surface area contributed by atoms with Crippen molar-refractivity contribution in [3.8, 4) is 0 Å². The largest absolute Gasteiger partial charge is 0.311 e. The minimum absolute atomic E-state index is 0.110. The van der Waals surface area contributed by atoms with Gasteiger partial charge >= 0.3 is 0 Å². The van der Waals surface area contributed by atoms with Crippen LogP contribution in [-0.2, 0) is 6.42 Å². The summed E-state index contributed by atoms with van der Waals surface area (Å²) in [6.45, 7) is 3.44. The number of aromatic nitrogens is 1. The second-order valence-electron chi connectivity index (χ2n) is 6.56. The Hall–Kier alpha value is -0.310. The maximum atomic E-state index is 6.25. The zero-order valence-corrected chi connectivity index (χ0v) is 12.8. The molecule has 1 aromatic rings. The number of rotatable bonds is 2. The molecule has 1 aliphatic carbocycles. The van der Waals surface area contributed by atoms with E-state index in [1.807, 2.05) is 0 Å². The highest BCUT2D eigenvalue weighted by Gasteiger charge is 2.46. The standard InChI is InChI=1S/C15H20Cl2N2/c1-14(6-11-12(16)7-18-8-13(11)17)9-15(10-19-14)4-2-3-5-15/h7-8,19H,2-6,9-10H2,1H3/t14-/m1/s1. The molecule has 0 unspecified atom stereocenters. The minimum atomic E-state index is 0.110. The summed E-state index contributed by atoms with van der Waals surface area (Å²) in [5, 5.41) is 5.10. The Kier molecular flexibility index (Phi) is 3.53. The van der Waals surface area contributed by atoms with Crippen molar-refractivity contribution in [1.82, 2.24) is 10.3 Å². The number of hydrogen-bond donors (Lipinski definition) is 1. The van der Waals surface area contributed by atoms with Gasteiger partial charge in [0.2, 0.25) is 0 Å². The number of halogens is 2. The third-order valence-corrected chi connectivity index (χ3v) is 5.49. The number of hydrogen-bond acceptors (Lipinski definition) is 2. The van der Waals surface area contributed by atoms with Gasteiger partial charge in [0, 0.05) is 24.5 Å². The van der Waals surface area contributed by atoms with Crippen LogP contribution in [0.3, 0.4) is 0 Å². The number of pyridine rings is 1. The van der Waals surface area contributed by atoms with Crippen molar-refractivity contribution >= 4 is 23.2 Å². The molecule has 0 amide bonds. The van der Waals surface area contributed by atoms with Gasteiger partial charge in [-0.05, 0) is 43.6 Å². The molecular formula is C15H20Cl2N2. The zero-order chi connectivity index (χ0) is 13.5. The molecule has 2 heterocycles. The Morgan fingerprint density at radius 3 is 2.47 bits per heavy atom. The second-order valence-corrected chi connectivity index (χ2v) is 7.37. The van der Waals surface area contributed by atoms with Gasteiger partial charge in [-0.3, -0.25) is 4.98 Å². The van der Waals surface area contributed by atoms with Crippen molar-refractivity contribution in [1.29, 1.82) is 0 Å². The van der Waals surface area contributed by atoms with E-state index in [-0.39, 0.29) is 5.54 Å². The molecule has 19 heavy (non-hydrogen) atoms. The van der Waals surface area contributed by atoms with Crippen LogP contribution in [0.15, 0.2) is 12.4 Å². The van der Waals surface area contributed by atoms with Crippen molar-refractivity contribution in [2.75, 3.05) is 6.54 Å². The van der Waals surface area contributed by atoms with E-state index in [2.05, 4.69) is 17.2 Å². The minimum Gasteiger partial charge on any atom is -0.311 e. The SMILES string of the molecule is C[C@@]1(Cc2c(Cl)cncc2Cl)CC2(CCCC2)CN1. The van der Waals surface area contributed by atoms with Gasteiger partial charge in [0.25, 0.3) is 0 Å². The summed E-state index contributed by atoms with van der Waals surface area (Å²) in [5.74, 6) is 0. The topological polar surface area (TPSA) is 24.9 Å². The molecule has 2 aliphatic rings. The van der Waals surface area contributed by atoms with Crippen molar-refractivity contribution in [3.05, 3.63) is 28.0 Å². The fourth-order valence-corrected chi connectivity index (χ4v) is 4.45. The Morgan fingerprint density at radius 2 is 1.84 bits per heavy atom. The first-order valence-corrected chi connectivity index (χ1v) is 7.81. The van der Waals surface area contributed by atoms with Crippen LogP contribution in [0.4, 0.5) is 0 Å². The van der Waals surface area contributed by atoms with Gasteiger partial charge in [0.1, 0.15) is 0 Å². The van der Waals surface area contributed by atoms with Crippen molar-refractivity contribution in [2.24, 2.45) is 5.41 Å². The van der Waals surface area contributed by atoms with E-state index in [4.69, 9.17) is 23.2 Å². The van der Waals surface area contributed by atoms with E-state index in [0.717, 1.165) is 18.5 Å². The molecule has 1 N–H and O–H groups in total. The van der Waals surface area contributed by atoms with Gasteiger partial charge in [-0.1, -0.05) is 36.0 Å². The Balaban J connectivity index is 1.80. The van der Waals surface area contributed by atoms with E-state index in [1.54, 1.807) is 12.4 Å². The third-order valence-electron chi connectivity index (χ3n) is 4.84. The summed E-state index contributed by atoms with van der Waals surface area (Å²) in [6.07, 6.45) is 11.0. The lowest BCUT2D eigenvalue weighted by molar-refractivity contribution is 0.300. The quantitative estimate of drug-likeness (QED) is 0.883. The summed E-state index contributed by atoms with van der Waals surface area (Å²) >= 11 is 12.5. The molecule has 0 radical (unpaired) electrons. The summed E-state index contributed by atoms with van der Waals surface area (Å²) in [6, 6.07) is 0. The third kappa shape index (κ3) is 2.63. The average Bonchev–Trinajstić information content (AvgIpc) is 2.94. The fourth-order valence-electron chi connectivity index (χ4n) is 3.95. The van der Waals surface area contributed by atoms with E-state index in [0.29, 0.717) is 15.5 Å². The van der Waals surface area contributed by atoms with Crippen LogP contribution in [0.25, 0.3) is 0 Å². The molecule has 1 saturated carbocycles. The second kappa shape index (κ2) is 4.91. The highest BCUT2D eigenvalue weighted by molar-refractivity contribution is 6.35. The monoisotopic (exact) mass is 298 g/mol. The summed E-state index contributed by atoms with van der Waals surface area (Å²) in [5.41, 5.74) is 1.67. The molecule has 2 nitrogen and oxygen atoms in total. The van der Waals surface area contributed by atoms with Crippen molar-refractivity contribution in [3.63, 3.8) is 0 Å². The van der Waals surface area contributed by atoms with E-state index < -0.39 is 0 Å². The van der Waals surface area contributed by atoms with Crippen molar-refractivity contribution < 1.29 is 0 Å². The van der Waals surface area contributed by atoms with E-state index >= 15 is 0 Å². The molecule has 2 fully saturated rings. The summed E-state index contributed by atoms with van der Waals surface area (Å²) in [4.78, 5) is 4.03. The van der Waals surface area contributed by atoms with Crippen LogP contribution in [0.1, 0.15) is 44.6 Å². The van der Waals surface area contributed by atoms with Crippen LogP contribution in [0.2, 0.25) is 10.0 Å². The first-order valence-electron chi connectivity index (χ1n) is 7.05. The highest BCUT2D eigenvalue weighted by atomic mass is 35.5. The Bertz CT molecular complexity index is 463. The van der Waals surface area contributed by atoms with Crippen LogP contribution < -0.4 is 5.32 Å². The Morgan fingerprint density at radius 1 is 1.21 bits per heavy atom. The van der Waals surface area contributed by atoms with Crippen LogP contribution >= 0.6 is 23.2 Å². The van der Waals surface area contributed by atoms with Gasteiger partial charge in [0.15, 0.2) is 0 Å². The first kappa shape index (κ1) is 13.7. The summed E-state index contributed by atoms with van der Waals surface area (Å²) in [7, 11) is 0. The Labute approximate surface area is 124 Å². The number of nitrogens with zero attached hydrogens (tertiary/aromatic N) is 1. The molecule has 4 heteroatoms. The van der Waals surface area contributed by atoms with Gasteiger partial charge in [-0.25, -0.2) is 0 Å². The van der Waals surface area contributed by atoms with Crippen LogP contribution in [0.5, 0.6) is 0 Å². The van der Waals surface area contributed by atoms with Gasteiger partial charge in [-0.2, -0.15) is 0 Å². The molecule has 3 rings (SSSR count). The first-order chi connectivity index (χ1) is 9.02. The molecule has 1 aromatic heterocycles. The lowest BCUT2D eigenvalue weighted by Gasteiger charge is -2.28. The van der Waals surface area contributed by atoms with Crippen molar-refractivity contribution in [2.45, 2.75) is 51.0 Å². The molecule has 0 bridgehead atoms.